The van der Waals surface area contributed by atoms with Crippen molar-refractivity contribution < 1.29 is 14.7 Å². The van der Waals surface area contributed by atoms with Crippen LogP contribution in [-0.4, -0.2) is 60.0 Å². The van der Waals surface area contributed by atoms with Gasteiger partial charge in [-0.3, -0.25) is 14.5 Å². The van der Waals surface area contributed by atoms with Gasteiger partial charge in [0.15, 0.2) is 0 Å². The lowest BCUT2D eigenvalue weighted by Crippen LogP contribution is -2.44. The lowest BCUT2D eigenvalue weighted by atomic mass is 9.90. The normalized spacial score (nSPS) is 16.0. The molecule has 0 atom stereocenters. The minimum Gasteiger partial charge on any atom is -0.480 e. The second-order valence-electron chi connectivity index (χ2n) is 6.08. The van der Waals surface area contributed by atoms with Gasteiger partial charge in [-0.05, 0) is 37.8 Å². The lowest BCUT2D eigenvalue weighted by molar-refractivity contribution is -0.139. The zero-order valence-electron chi connectivity index (χ0n) is 13.1. The molecule has 1 N–H and O–H groups in total. The standard InChI is InChI=1S/C17H24N2O3/c1-18(13-17(21)22)12-16(20)19-9-7-15(8-10-19)11-14-5-3-2-4-6-14/h2-6,15H,7-13H2,1H3,(H,21,22). The van der Waals surface area contributed by atoms with Crippen LogP contribution in [0.3, 0.4) is 0 Å². The molecule has 1 aliphatic heterocycles. The van der Waals surface area contributed by atoms with Gasteiger partial charge in [-0.25, -0.2) is 0 Å². The fourth-order valence-corrected chi connectivity index (χ4v) is 2.95. The molecule has 0 saturated carbocycles. The summed E-state index contributed by atoms with van der Waals surface area (Å²) in [4.78, 5) is 26.2. The topological polar surface area (TPSA) is 60.9 Å². The number of carbonyl (C=O) groups is 2. The number of benzene rings is 1. The van der Waals surface area contributed by atoms with Crippen LogP contribution in [0, 0.1) is 5.92 Å². The van der Waals surface area contributed by atoms with E-state index in [1.54, 1.807) is 11.9 Å². The maximum atomic E-state index is 12.1. The molecule has 1 aromatic rings. The molecule has 0 spiro atoms. The Bertz CT molecular complexity index is 496. The summed E-state index contributed by atoms with van der Waals surface area (Å²) in [5.41, 5.74) is 1.36. The molecular formula is C17H24N2O3. The Kier molecular flexibility index (Phi) is 5.95. The Morgan fingerprint density at radius 3 is 2.41 bits per heavy atom. The van der Waals surface area contributed by atoms with Gasteiger partial charge in [0.1, 0.15) is 0 Å². The Hall–Kier alpha value is -1.88. The van der Waals surface area contributed by atoms with Gasteiger partial charge >= 0.3 is 5.97 Å². The average Bonchev–Trinajstić information content (AvgIpc) is 2.48. The fraction of sp³-hybridized carbons (Fsp3) is 0.529. The number of aliphatic carboxylic acids is 1. The molecule has 0 unspecified atom stereocenters. The number of hydrogen-bond acceptors (Lipinski definition) is 3. The predicted octanol–water partition coefficient (Wildman–Crippen LogP) is 1.48. The van der Waals surface area contributed by atoms with Crippen molar-refractivity contribution in [2.75, 3.05) is 33.2 Å². The van der Waals surface area contributed by atoms with E-state index in [0.717, 1.165) is 32.4 Å². The van der Waals surface area contributed by atoms with Gasteiger partial charge in [0.2, 0.25) is 5.91 Å². The van der Waals surface area contributed by atoms with E-state index in [2.05, 4.69) is 24.3 Å². The first-order valence-electron chi connectivity index (χ1n) is 7.76. The third kappa shape index (κ3) is 5.15. The van der Waals surface area contributed by atoms with Crippen molar-refractivity contribution in [2.24, 2.45) is 5.92 Å². The average molecular weight is 304 g/mol. The smallest absolute Gasteiger partial charge is 0.317 e. The molecule has 0 bridgehead atoms. The first-order chi connectivity index (χ1) is 10.5. The number of carboxylic acid groups (broad SMARTS) is 1. The lowest BCUT2D eigenvalue weighted by Gasteiger charge is -2.33. The van der Waals surface area contributed by atoms with Gasteiger partial charge in [-0.1, -0.05) is 30.3 Å². The molecule has 2 rings (SSSR count). The molecule has 1 aromatic carbocycles. The predicted molar refractivity (Wildman–Crippen MR) is 84.6 cm³/mol. The van der Waals surface area contributed by atoms with E-state index in [1.807, 2.05) is 11.0 Å². The van der Waals surface area contributed by atoms with E-state index in [4.69, 9.17) is 5.11 Å². The van der Waals surface area contributed by atoms with Crippen LogP contribution in [0.2, 0.25) is 0 Å². The molecule has 1 amide bonds. The molecule has 5 nitrogen and oxygen atoms in total. The Labute approximate surface area is 131 Å². The van der Waals surface area contributed by atoms with Crippen molar-refractivity contribution in [3.63, 3.8) is 0 Å². The fourth-order valence-electron chi connectivity index (χ4n) is 2.95. The largest absolute Gasteiger partial charge is 0.480 e. The minimum atomic E-state index is -0.906. The van der Waals surface area contributed by atoms with Crippen molar-refractivity contribution in [1.82, 2.24) is 9.80 Å². The molecule has 1 aliphatic rings. The summed E-state index contributed by atoms with van der Waals surface area (Å²) in [5, 5.41) is 8.72. The number of nitrogens with zero attached hydrogens (tertiary/aromatic N) is 2. The molecule has 0 aromatic heterocycles. The van der Waals surface area contributed by atoms with Crippen LogP contribution in [0.25, 0.3) is 0 Å². The molecule has 1 fully saturated rings. The van der Waals surface area contributed by atoms with Gasteiger partial charge < -0.3 is 10.0 Å². The van der Waals surface area contributed by atoms with Crippen LogP contribution >= 0.6 is 0 Å². The summed E-state index contributed by atoms with van der Waals surface area (Å²) < 4.78 is 0. The number of amides is 1. The summed E-state index contributed by atoms with van der Waals surface area (Å²) in [6.45, 7) is 1.63. The van der Waals surface area contributed by atoms with Crippen molar-refractivity contribution in [2.45, 2.75) is 19.3 Å². The highest BCUT2D eigenvalue weighted by molar-refractivity contribution is 5.79. The van der Waals surface area contributed by atoms with Crippen LogP contribution in [0.1, 0.15) is 18.4 Å². The molecule has 120 valence electrons. The summed E-state index contributed by atoms with van der Waals surface area (Å²) >= 11 is 0. The zero-order chi connectivity index (χ0) is 15.9. The molecule has 0 radical (unpaired) electrons. The Morgan fingerprint density at radius 1 is 1.18 bits per heavy atom. The third-order valence-electron chi connectivity index (χ3n) is 4.14. The van der Waals surface area contributed by atoms with Crippen LogP contribution in [0.4, 0.5) is 0 Å². The maximum Gasteiger partial charge on any atom is 0.317 e. The van der Waals surface area contributed by atoms with Crippen molar-refractivity contribution >= 4 is 11.9 Å². The number of rotatable bonds is 6. The molecule has 1 saturated heterocycles. The van der Waals surface area contributed by atoms with E-state index in [1.165, 1.54) is 5.56 Å². The minimum absolute atomic E-state index is 0.0295. The molecule has 22 heavy (non-hydrogen) atoms. The van der Waals surface area contributed by atoms with Gasteiger partial charge in [-0.15, -0.1) is 0 Å². The van der Waals surface area contributed by atoms with Gasteiger partial charge in [0, 0.05) is 13.1 Å². The van der Waals surface area contributed by atoms with Crippen LogP contribution in [-0.2, 0) is 16.0 Å². The second-order valence-corrected chi connectivity index (χ2v) is 6.08. The van der Waals surface area contributed by atoms with E-state index < -0.39 is 5.97 Å². The van der Waals surface area contributed by atoms with Crippen LogP contribution < -0.4 is 0 Å². The van der Waals surface area contributed by atoms with E-state index in [9.17, 15) is 9.59 Å². The monoisotopic (exact) mass is 304 g/mol. The molecular weight excluding hydrogens is 280 g/mol. The molecule has 1 heterocycles. The van der Waals surface area contributed by atoms with Crippen LogP contribution in [0.15, 0.2) is 30.3 Å². The van der Waals surface area contributed by atoms with E-state index in [0.29, 0.717) is 5.92 Å². The van der Waals surface area contributed by atoms with Crippen molar-refractivity contribution in [3.05, 3.63) is 35.9 Å². The summed E-state index contributed by atoms with van der Waals surface area (Å²) in [6.07, 6.45) is 3.11. The number of hydrogen-bond donors (Lipinski definition) is 1. The van der Waals surface area contributed by atoms with Crippen LogP contribution in [0.5, 0.6) is 0 Å². The number of carboxylic acids is 1. The second kappa shape index (κ2) is 7.94. The first kappa shape index (κ1) is 16.5. The molecule has 5 heteroatoms. The quantitative estimate of drug-likeness (QED) is 0.865. The highest BCUT2D eigenvalue weighted by Crippen LogP contribution is 2.21. The Balaban J connectivity index is 1.74. The van der Waals surface area contributed by atoms with Crippen molar-refractivity contribution in [3.8, 4) is 0 Å². The summed E-state index contributed by atoms with van der Waals surface area (Å²) in [6, 6.07) is 10.5. The highest BCUT2D eigenvalue weighted by Gasteiger charge is 2.23. The van der Waals surface area contributed by atoms with Gasteiger partial charge in [-0.2, -0.15) is 0 Å². The summed E-state index contributed by atoms with van der Waals surface area (Å²) in [7, 11) is 1.66. The van der Waals surface area contributed by atoms with Gasteiger partial charge in [0.25, 0.3) is 0 Å². The van der Waals surface area contributed by atoms with E-state index >= 15 is 0 Å². The maximum absolute atomic E-state index is 12.1. The Morgan fingerprint density at radius 2 is 1.82 bits per heavy atom. The molecule has 0 aliphatic carbocycles. The van der Waals surface area contributed by atoms with E-state index in [-0.39, 0.29) is 19.0 Å². The summed E-state index contributed by atoms with van der Waals surface area (Å²) in [5.74, 6) is -0.248. The number of likely N-dealkylation sites (tertiary alicyclic amines) is 1. The third-order valence-corrected chi connectivity index (χ3v) is 4.14. The zero-order valence-corrected chi connectivity index (χ0v) is 13.1. The SMILES string of the molecule is CN(CC(=O)O)CC(=O)N1CCC(Cc2ccccc2)CC1. The number of carbonyl (C=O) groups excluding carboxylic acids is 1. The van der Waals surface area contributed by atoms with Crippen molar-refractivity contribution in [1.29, 1.82) is 0 Å². The van der Waals surface area contributed by atoms with Gasteiger partial charge in [0.05, 0.1) is 13.1 Å². The first-order valence-corrected chi connectivity index (χ1v) is 7.76. The number of likely N-dealkylation sites (N-methyl/N-ethyl adjacent to an activating group) is 1. The highest BCUT2D eigenvalue weighted by atomic mass is 16.4. The number of piperidine rings is 1.